The number of rotatable bonds is 6. The van der Waals surface area contributed by atoms with E-state index in [1.165, 1.54) is 65.6 Å². The van der Waals surface area contributed by atoms with Crippen molar-refractivity contribution in [2.24, 2.45) is 0 Å². The highest BCUT2D eigenvalue weighted by Crippen LogP contribution is 2.40. The smallest absolute Gasteiger partial charge is 0.0547 e. The molecule has 2 nitrogen and oxygen atoms in total. The first-order valence-corrected chi connectivity index (χ1v) is 17.8. The molecule has 0 fully saturated rings. The van der Waals surface area contributed by atoms with Gasteiger partial charge in [0.2, 0.25) is 0 Å². The molecule has 0 saturated heterocycles. The predicted octanol–water partition coefficient (Wildman–Crippen LogP) is 13.9. The summed E-state index contributed by atoms with van der Waals surface area (Å²) in [4.78, 5) is 2.35. The fourth-order valence-electron chi connectivity index (χ4n) is 7.82. The molecule has 1 aromatic heterocycles. The minimum atomic E-state index is 1.10. The molecule has 0 saturated carbocycles. The monoisotopic (exact) mass is 662 g/mol. The molecule has 0 aliphatic heterocycles. The van der Waals surface area contributed by atoms with E-state index < -0.39 is 0 Å². The van der Waals surface area contributed by atoms with Crippen molar-refractivity contribution in [1.29, 1.82) is 0 Å². The Morgan fingerprint density at radius 2 is 0.808 bits per heavy atom. The van der Waals surface area contributed by atoms with Crippen molar-refractivity contribution >= 4 is 60.4 Å². The summed E-state index contributed by atoms with van der Waals surface area (Å²) >= 11 is 0. The van der Waals surface area contributed by atoms with Crippen LogP contribution in [0.2, 0.25) is 0 Å². The Kier molecular flexibility index (Phi) is 7.18. The van der Waals surface area contributed by atoms with Crippen LogP contribution in [0.3, 0.4) is 0 Å². The average molecular weight is 663 g/mol. The van der Waals surface area contributed by atoms with Crippen LogP contribution in [-0.4, -0.2) is 4.57 Å². The van der Waals surface area contributed by atoms with Gasteiger partial charge in [0.05, 0.1) is 11.0 Å². The minimum Gasteiger partial charge on any atom is -0.311 e. The fraction of sp³-hybridized carbons (Fsp3) is 0. The zero-order chi connectivity index (χ0) is 34.4. The van der Waals surface area contributed by atoms with Gasteiger partial charge < -0.3 is 9.47 Å². The van der Waals surface area contributed by atoms with Gasteiger partial charge in [-0.05, 0) is 111 Å². The van der Waals surface area contributed by atoms with Crippen LogP contribution < -0.4 is 4.90 Å². The SMILES string of the molecule is c1ccc(-c2ccc(N(c3ccc(-c4ccc5ccccc5c4)cc3)c3ccc(-n4c5ccccc5c5c6ccccc6ccc54)cc3)cc2)cc1. The van der Waals surface area contributed by atoms with Gasteiger partial charge in [0.15, 0.2) is 0 Å². The lowest BCUT2D eigenvalue weighted by molar-refractivity contribution is 1.17. The van der Waals surface area contributed by atoms with E-state index in [1.54, 1.807) is 0 Å². The van der Waals surface area contributed by atoms with Crippen LogP contribution in [0.15, 0.2) is 206 Å². The third-order valence-corrected chi connectivity index (χ3v) is 10.4. The third kappa shape index (κ3) is 5.12. The normalized spacial score (nSPS) is 11.5. The molecule has 0 aliphatic carbocycles. The van der Waals surface area contributed by atoms with Gasteiger partial charge in [0.1, 0.15) is 0 Å². The largest absolute Gasteiger partial charge is 0.311 e. The third-order valence-electron chi connectivity index (χ3n) is 10.4. The number of hydrogen-bond acceptors (Lipinski definition) is 1. The topological polar surface area (TPSA) is 8.17 Å². The molecule has 10 rings (SSSR count). The molecule has 0 spiro atoms. The first-order valence-electron chi connectivity index (χ1n) is 17.8. The van der Waals surface area contributed by atoms with Crippen LogP contribution in [-0.2, 0) is 0 Å². The highest BCUT2D eigenvalue weighted by molar-refractivity contribution is 6.21. The lowest BCUT2D eigenvalue weighted by atomic mass is 10.0. The summed E-state index contributed by atoms with van der Waals surface area (Å²) in [5.74, 6) is 0. The van der Waals surface area contributed by atoms with E-state index in [2.05, 4.69) is 216 Å². The molecule has 9 aromatic carbocycles. The van der Waals surface area contributed by atoms with E-state index in [-0.39, 0.29) is 0 Å². The van der Waals surface area contributed by atoms with Crippen molar-refractivity contribution in [1.82, 2.24) is 4.57 Å². The van der Waals surface area contributed by atoms with Crippen LogP contribution in [0, 0.1) is 0 Å². The molecule has 10 aromatic rings. The molecular formula is C50H34N2. The van der Waals surface area contributed by atoms with Gasteiger partial charge in [0.25, 0.3) is 0 Å². The van der Waals surface area contributed by atoms with Gasteiger partial charge in [0, 0.05) is 33.5 Å². The quantitative estimate of drug-likeness (QED) is 0.172. The average Bonchev–Trinajstić information content (AvgIpc) is 3.57. The Balaban J connectivity index is 1.07. The second-order valence-electron chi connectivity index (χ2n) is 13.4. The molecule has 2 heteroatoms. The molecule has 244 valence electrons. The molecule has 0 radical (unpaired) electrons. The molecule has 0 atom stereocenters. The van der Waals surface area contributed by atoms with Crippen molar-refractivity contribution in [2.45, 2.75) is 0 Å². The van der Waals surface area contributed by atoms with E-state index in [0.717, 1.165) is 22.7 Å². The number of anilines is 3. The van der Waals surface area contributed by atoms with Gasteiger partial charge in [-0.15, -0.1) is 0 Å². The van der Waals surface area contributed by atoms with Crippen molar-refractivity contribution in [3.8, 4) is 27.9 Å². The molecular weight excluding hydrogens is 629 g/mol. The van der Waals surface area contributed by atoms with Crippen molar-refractivity contribution in [3.63, 3.8) is 0 Å². The van der Waals surface area contributed by atoms with Crippen LogP contribution in [0.4, 0.5) is 17.1 Å². The van der Waals surface area contributed by atoms with Crippen molar-refractivity contribution in [3.05, 3.63) is 206 Å². The maximum atomic E-state index is 2.40. The van der Waals surface area contributed by atoms with Crippen LogP contribution in [0.1, 0.15) is 0 Å². The molecule has 0 amide bonds. The van der Waals surface area contributed by atoms with E-state index >= 15 is 0 Å². The lowest BCUT2D eigenvalue weighted by Crippen LogP contribution is -2.10. The van der Waals surface area contributed by atoms with Crippen molar-refractivity contribution < 1.29 is 0 Å². The summed E-state index contributed by atoms with van der Waals surface area (Å²) in [6, 6.07) is 74.6. The number of fused-ring (bicyclic) bond motifs is 6. The Morgan fingerprint density at radius 1 is 0.308 bits per heavy atom. The zero-order valence-corrected chi connectivity index (χ0v) is 28.5. The number of nitrogens with zero attached hydrogens (tertiary/aromatic N) is 2. The van der Waals surface area contributed by atoms with Crippen LogP contribution >= 0.6 is 0 Å². The van der Waals surface area contributed by atoms with Crippen LogP contribution in [0.25, 0.3) is 71.3 Å². The molecule has 0 bridgehead atoms. The molecule has 0 aliphatic rings. The second-order valence-corrected chi connectivity index (χ2v) is 13.4. The molecule has 1 heterocycles. The standard InChI is InChI=1S/C50H34N2/c1-2-10-35(11-3-1)37-20-25-42(26-21-37)51(43-27-22-38(23-28-43)41-19-18-36-12-4-5-14-40(36)34-41)44-29-31-45(32-30-44)52-48-17-9-8-16-47(48)50-46-15-7-6-13-39(46)24-33-49(50)52/h1-34H. The summed E-state index contributed by atoms with van der Waals surface area (Å²) in [5, 5.41) is 7.61. The van der Waals surface area contributed by atoms with E-state index in [1.807, 2.05) is 0 Å². The second kappa shape index (κ2) is 12.5. The maximum Gasteiger partial charge on any atom is 0.0547 e. The summed E-state index contributed by atoms with van der Waals surface area (Å²) in [6.45, 7) is 0. The highest BCUT2D eigenvalue weighted by Gasteiger charge is 2.17. The maximum absolute atomic E-state index is 2.40. The Labute approximate surface area is 303 Å². The summed E-state index contributed by atoms with van der Waals surface area (Å²) < 4.78 is 2.40. The number of benzene rings is 9. The highest BCUT2D eigenvalue weighted by atomic mass is 15.1. The van der Waals surface area contributed by atoms with Crippen molar-refractivity contribution in [2.75, 3.05) is 4.90 Å². The number of para-hydroxylation sites is 1. The molecule has 0 N–H and O–H groups in total. The van der Waals surface area contributed by atoms with Gasteiger partial charge in [-0.25, -0.2) is 0 Å². The van der Waals surface area contributed by atoms with E-state index in [9.17, 15) is 0 Å². The predicted molar refractivity (Wildman–Crippen MR) is 221 cm³/mol. The Hall–Kier alpha value is -6.90. The van der Waals surface area contributed by atoms with E-state index in [4.69, 9.17) is 0 Å². The fourth-order valence-corrected chi connectivity index (χ4v) is 7.82. The molecule has 52 heavy (non-hydrogen) atoms. The summed E-state index contributed by atoms with van der Waals surface area (Å²) in [7, 11) is 0. The Morgan fingerprint density at radius 3 is 1.52 bits per heavy atom. The van der Waals surface area contributed by atoms with E-state index in [0.29, 0.717) is 0 Å². The first kappa shape index (κ1) is 30.0. The zero-order valence-electron chi connectivity index (χ0n) is 28.5. The Bertz CT molecular complexity index is 2870. The minimum absolute atomic E-state index is 1.10. The summed E-state index contributed by atoms with van der Waals surface area (Å²) in [6.07, 6.45) is 0. The first-order chi connectivity index (χ1) is 25.8. The lowest BCUT2D eigenvalue weighted by Gasteiger charge is -2.26. The summed E-state index contributed by atoms with van der Waals surface area (Å²) in [5.41, 5.74) is 11.7. The number of hydrogen-bond donors (Lipinski definition) is 0. The van der Waals surface area contributed by atoms with Gasteiger partial charge in [-0.1, -0.05) is 140 Å². The number of aromatic nitrogens is 1. The molecule has 0 unspecified atom stereocenters. The van der Waals surface area contributed by atoms with Crippen LogP contribution in [0.5, 0.6) is 0 Å². The van der Waals surface area contributed by atoms with Gasteiger partial charge in [-0.2, -0.15) is 0 Å². The van der Waals surface area contributed by atoms with Gasteiger partial charge >= 0.3 is 0 Å². The van der Waals surface area contributed by atoms with Gasteiger partial charge in [-0.3, -0.25) is 0 Å².